The van der Waals surface area contributed by atoms with Gasteiger partial charge in [0.1, 0.15) is 0 Å². The fraction of sp³-hybridized carbons (Fsp3) is 1.00. The molecule has 0 heterocycles. The third-order valence-corrected chi connectivity index (χ3v) is 54.2. The molecule has 0 aliphatic rings. The highest BCUT2D eigenvalue weighted by Gasteiger charge is 2.59. The third-order valence-electron chi connectivity index (χ3n) is 7.30. The van der Waals surface area contributed by atoms with Crippen molar-refractivity contribution >= 4 is 22.3 Å². The molecule has 0 nitrogen and oxygen atoms in total. The van der Waals surface area contributed by atoms with E-state index in [1.807, 2.05) is 0 Å². The average Bonchev–Trinajstić information content (AvgIpc) is 2.49. The Morgan fingerprint density at radius 2 is 0.579 bits per heavy atom. The molecule has 0 spiro atoms. The lowest BCUT2D eigenvalue weighted by molar-refractivity contribution is 1.14. The van der Waals surface area contributed by atoms with Gasteiger partial charge >= 0.3 is 0 Å². The molecule has 0 aliphatic carbocycles. The molecule has 0 rings (SSSR count). The van der Waals surface area contributed by atoms with Crippen LogP contribution < -0.4 is 0 Å². The van der Waals surface area contributed by atoms with E-state index in [1.54, 1.807) is 48.4 Å². The van der Waals surface area contributed by atoms with Gasteiger partial charge in [-0.1, -0.05) is 104 Å². The summed E-state index contributed by atoms with van der Waals surface area (Å²) < 4.78 is 0. The minimum atomic E-state index is -1.03. The average molecular weight is 317 g/mol. The van der Waals surface area contributed by atoms with Crippen LogP contribution in [0.1, 0.15) is 55.4 Å². The van der Waals surface area contributed by atoms with Crippen LogP contribution in [0.15, 0.2) is 0 Å². The van der Waals surface area contributed by atoms with Crippen LogP contribution in [0.25, 0.3) is 0 Å². The maximum Gasteiger partial charge on any atom is 0.0445 e. The Morgan fingerprint density at radius 1 is 0.368 bits per heavy atom. The van der Waals surface area contributed by atoms with Crippen LogP contribution >= 0.6 is 0 Å². The Kier molecular flexibility index (Phi) is 8.46. The highest BCUT2D eigenvalue weighted by Crippen LogP contribution is 2.46. The van der Waals surface area contributed by atoms with Gasteiger partial charge in [-0.05, 0) is 0 Å². The molecule has 0 N–H and O–H groups in total. The molecule has 0 radical (unpaired) electrons. The molecule has 0 fully saturated rings. The fourth-order valence-corrected chi connectivity index (χ4v) is 61.8. The number of rotatable bonds is 10. The van der Waals surface area contributed by atoms with Gasteiger partial charge in [0, 0.05) is 22.3 Å². The first-order valence-electron chi connectivity index (χ1n) is 8.99. The highest BCUT2D eigenvalue weighted by atomic mass is 29.6. The first-order valence-corrected chi connectivity index (χ1v) is 18.6. The number of hydrogen-bond acceptors (Lipinski definition) is 0. The molecule has 0 bridgehead atoms. The Morgan fingerprint density at radius 3 is 0.684 bits per heavy atom. The lowest BCUT2D eigenvalue weighted by Crippen LogP contribution is -2.76. The molecule has 0 saturated carbocycles. The smallest absolute Gasteiger partial charge is 0.0445 e. The summed E-state index contributed by atoms with van der Waals surface area (Å²) in [5.41, 5.74) is 0. The van der Waals surface area contributed by atoms with Gasteiger partial charge in [0.05, 0.1) is 0 Å². The Bertz CT molecular complexity index is 200. The van der Waals surface area contributed by atoms with Gasteiger partial charge in [0.15, 0.2) is 0 Å². The van der Waals surface area contributed by atoms with Crippen LogP contribution in [0.2, 0.25) is 48.4 Å². The molecule has 0 saturated heterocycles. The third kappa shape index (κ3) is 2.84. The second-order valence-electron chi connectivity index (χ2n) is 6.47. The molecule has 0 aromatic heterocycles. The lowest BCUT2D eigenvalue weighted by Gasteiger charge is -2.57. The van der Waals surface area contributed by atoms with Crippen molar-refractivity contribution in [1.29, 1.82) is 0 Å². The van der Waals surface area contributed by atoms with Crippen LogP contribution in [0, 0.1) is 0 Å². The quantitative estimate of drug-likeness (QED) is 0.396. The van der Waals surface area contributed by atoms with Gasteiger partial charge in [-0.2, -0.15) is 0 Å². The van der Waals surface area contributed by atoms with Crippen molar-refractivity contribution in [2.24, 2.45) is 0 Å². The largest absolute Gasteiger partial charge is 0.0682 e. The Labute approximate surface area is 126 Å². The topological polar surface area (TPSA) is 0 Å². The van der Waals surface area contributed by atoms with Crippen molar-refractivity contribution in [3.63, 3.8) is 0 Å². The van der Waals surface area contributed by atoms with Crippen LogP contribution in [-0.2, 0) is 0 Å². The molecule has 0 unspecified atom stereocenters. The normalized spacial score (nSPS) is 13.9. The fourth-order valence-electron chi connectivity index (χ4n) is 5.84. The second-order valence-corrected chi connectivity index (χ2v) is 33.0. The predicted molar refractivity (Wildman–Crippen MR) is 101 cm³/mol. The van der Waals surface area contributed by atoms with Crippen molar-refractivity contribution in [1.82, 2.24) is 0 Å². The van der Waals surface area contributed by atoms with Crippen molar-refractivity contribution in [3.05, 3.63) is 0 Å². The van der Waals surface area contributed by atoms with E-state index in [9.17, 15) is 0 Å². The van der Waals surface area contributed by atoms with E-state index in [0.717, 1.165) is 0 Å². The highest BCUT2D eigenvalue weighted by molar-refractivity contribution is 7.70. The molecule has 0 aromatic rings. The summed E-state index contributed by atoms with van der Waals surface area (Å²) in [5, 5.41) is 0. The van der Waals surface area contributed by atoms with Crippen LogP contribution in [0.4, 0.5) is 0 Å². The van der Waals surface area contributed by atoms with Crippen molar-refractivity contribution in [2.75, 3.05) is 0 Å². The van der Waals surface area contributed by atoms with Crippen LogP contribution in [0.5, 0.6) is 0 Å². The summed E-state index contributed by atoms with van der Waals surface area (Å²) in [5.74, 6) is 0. The van der Waals surface area contributed by atoms with Gasteiger partial charge in [-0.25, -0.2) is 0 Å². The minimum absolute atomic E-state index is 0.995. The lowest BCUT2D eigenvalue weighted by atomic mass is 10.9. The molecule has 3 heteroatoms. The van der Waals surface area contributed by atoms with Gasteiger partial charge in [-0.3, -0.25) is 0 Å². The predicted octanol–water partition coefficient (Wildman–Crippen LogP) is 6.65. The first kappa shape index (κ1) is 19.7. The molecular formula is C16H40Si3. The zero-order chi connectivity index (χ0) is 15.2. The van der Waals surface area contributed by atoms with E-state index in [-0.39, 0.29) is 0 Å². The summed E-state index contributed by atoms with van der Waals surface area (Å²) in [6.07, 6.45) is 0. The standard InChI is InChI=1S/C16H40Si3/c1-9-17(10-2,11-3)19(15-7,16-8)18(12-4,13-5)14-6/h9-16H2,1-8H3. The molecule has 0 atom stereocenters. The van der Waals surface area contributed by atoms with Crippen LogP contribution in [0.3, 0.4) is 0 Å². The van der Waals surface area contributed by atoms with Gasteiger partial charge < -0.3 is 0 Å². The second kappa shape index (κ2) is 8.18. The van der Waals surface area contributed by atoms with Crippen molar-refractivity contribution in [2.45, 2.75) is 104 Å². The summed E-state index contributed by atoms with van der Waals surface area (Å²) in [6.45, 7) is 20.5. The summed E-state index contributed by atoms with van der Waals surface area (Å²) in [4.78, 5) is 0. The van der Waals surface area contributed by atoms with E-state index < -0.39 is 22.3 Å². The summed E-state index contributed by atoms with van der Waals surface area (Å²) >= 11 is 0. The molecule has 116 valence electrons. The van der Waals surface area contributed by atoms with Gasteiger partial charge in [-0.15, -0.1) is 0 Å². The monoisotopic (exact) mass is 316 g/mol. The van der Waals surface area contributed by atoms with E-state index in [2.05, 4.69) is 55.4 Å². The van der Waals surface area contributed by atoms with Gasteiger partial charge in [0.25, 0.3) is 0 Å². The van der Waals surface area contributed by atoms with Crippen LogP contribution in [-0.4, -0.2) is 22.3 Å². The van der Waals surface area contributed by atoms with Crippen molar-refractivity contribution < 1.29 is 0 Å². The van der Waals surface area contributed by atoms with E-state index >= 15 is 0 Å². The van der Waals surface area contributed by atoms with Crippen molar-refractivity contribution in [3.8, 4) is 0 Å². The SMILES string of the molecule is CC[Si](CC)(CC)[Si](CC)(CC)[Si](CC)(CC)CC. The molecular weight excluding hydrogens is 276 g/mol. The Balaban J connectivity index is 6.08. The molecule has 19 heavy (non-hydrogen) atoms. The number of hydrogen-bond donors (Lipinski definition) is 0. The van der Waals surface area contributed by atoms with Gasteiger partial charge in [0.2, 0.25) is 0 Å². The molecule has 0 aromatic carbocycles. The summed E-state index contributed by atoms with van der Waals surface area (Å²) in [6, 6.07) is 12.6. The maximum absolute atomic E-state index is 2.58. The molecule has 0 amide bonds. The van der Waals surface area contributed by atoms with E-state index in [4.69, 9.17) is 0 Å². The maximum atomic E-state index is 2.58. The Hall–Kier alpha value is 0.651. The van der Waals surface area contributed by atoms with E-state index in [1.165, 1.54) is 0 Å². The van der Waals surface area contributed by atoms with E-state index in [0.29, 0.717) is 0 Å². The summed E-state index contributed by atoms with van der Waals surface area (Å²) in [7, 11) is -3.01. The zero-order valence-electron chi connectivity index (χ0n) is 15.2. The zero-order valence-corrected chi connectivity index (χ0v) is 18.2. The first-order chi connectivity index (χ1) is 8.99. The minimum Gasteiger partial charge on any atom is -0.0682 e. The molecule has 0 aliphatic heterocycles.